The predicted octanol–water partition coefficient (Wildman–Crippen LogP) is 0.226. The number of rotatable bonds is 2. The maximum Gasteiger partial charge on any atom is 0.240 e. The number of fused-ring (bicyclic) bond motifs is 2. The standard InChI is InChI=1S/C14H23N3O2/c15-12-9-5-4-8(7-9)11(12)14(19)17-6-2-1-3-10(17)13(16)18/h8-12H,1-7,15H2,(H2,16,18). The summed E-state index contributed by atoms with van der Waals surface area (Å²) in [5.74, 6) is 0.588. The van der Waals surface area contributed by atoms with Gasteiger partial charge in [-0.25, -0.2) is 0 Å². The van der Waals surface area contributed by atoms with Crippen molar-refractivity contribution >= 4 is 11.8 Å². The molecule has 3 rings (SSSR count). The largest absolute Gasteiger partial charge is 0.368 e. The lowest BCUT2D eigenvalue weighted by molar-refractivity contribution is -0.146. The zero-order valence-corrected chi connectivity index (χ0v) is 11.3. The van der Waals surface area contributed by atoms with Crippen LogP contribution in [0.3, 0.4) is 0 Å². The van der Waals surface area contributed by atoms with Gasteiger partial charge in [0.05, 0.1) is 5.92 Å². The molecule has 0 aromatic rings. The van der Waals surface area contributed by atoms with Gasteiger partial charge in [-0.15, -0.1) is 0 Å². The minimum absolute atomic E-state index is 0.0123. The molecule has 5 heteroatoms. The molecule has 5 atom stereocenters. The van der Waals surface area contributed by atoms with E-state index < -0.39 is 6.04 Å². The highest BCUT2D eigenvalue weighted by Gasteiger charge is 2.51. The van der Waals surface area contributed by atoms with Crippen molar-refractivity contribution < 1.29 is 9.59 Å². The smallest absolute Gasteiger partial charge is 0.240 e. The van der Waals surface area contributed by atoms with Gasteiger partial charge in [-0.05, 0) is 50.4 Å². The van der Waals surface area contributed by atoms with E-state index in [4.69, 9.17) is 11.5 Å². The fourth-order valence-corrected chi connectivity index (χ4v) is 4.38. The lowest BCUT2D eigenvalue weighted by Crippen LogP contribution is -2.55. The lowest BCUT2D eigenvalue weighted by Gasteiger charge is -2.38. The highest BCUT2D eigenvalue weighted by molar-refractivity contribution is 5.88. The molecule has 0 radical (unpaired) electrons. The number of carbonyl (C=O) groups excluding carboxylic acids is 2. The summed E-state index contributed by atoms with van der Waals surface area (Å²) in [7, 11) is 0. The van der Waals surface area contributed by atoms with Crippen LogP contribution in [0.4, 0.5) is 0 Å². The van der Waals surface area contributed by atoms with Crippen molar-refractivity contribution in [3.05, 3.63) is 0 Å². The third kappa shape index (κ3) is 2.04. The van der Waals surface area contributed by atoms with E-state index in [2.05, 4.69) is 0 Å². The molecule has 4 N–H and O–H groups in total. The molecule has 5 nitrogen and oxygen atoms in total. The first-order chi connectivity index (χ1) is 9.09. The van der Waals surface area contributed by atoms with Crippen molar-refractivity contribution in [3.63, 3.8) is 0 Å². The Morgan fingerprint density at radius 3 is 2.42 bits per heavy atom. The molecule has 0 aromatic heterocycles. The van der Waals surface area contributed by atoms with Crippen molar-refractivity contribution in [3.8, 4) is 0 Å². The van der Waals surface area contributed by atoms with Crippen molar-refractivity contribution in [1.29, 1.82) is 0 Å². The van der Waals surface area contributed by atoms with E-state index in [1.165, 1.54) is 0 Å². The monoisotopic (exact) mass is 265 g/mol. The Morgan fingerprint density at radius 1 is 1.05 bits per heavy atom. The molecule has 3 aliphatic rings. The number of carbonyl (C=O) groups is 2. The van der Waals surface area contributed by atoms with Gasteiger partial charge in [0.2, 0.25) is 11.8 Å². The Bertz CT molecular complexity index is 396. The van der Waals surface area contributed by atoms with Gasteiger partial charge in [0.1, 0.15) is 6.04 Å². The van der Waals surface area contributed by atoms with Gasteiger partial charge in [0.15, 0.2) is 0 Å². The topological polar surface area (TPSA) is 89.4 Å². The predicted molar refractivity (Wildman–Crippen MR) is 70.8 cm³/mol. The van der Waals surface area contributed by atoms with Gasteiger partial charge >= 0.3 is 0 Å². The Kier molecular flexibility index (Phi) is 3.25. The molecule has 1 aliphatic heterocycles. The van der Waals surface area contributed by atoms with E-state index >= 15 is 0 Å². The summed E-state index contributed by atoms with van der Waals surface area (Å²) in [6.45, 7) is 0.660. The lowest BCUT2D eigenvalue weighted by atomic mass is 9.83. The molecule has 19 heavy (non-hydrogen) atoms. The van der Waals surface area contributed by atoms with Crippen LogP contribution >= 0.6 is 0 Å². The number of nitrogens with two attached hydrogens (primary N) is 2. The maximum absolute atomic E-state index is 12.8. The van der Waals surface area contributed by atoms with E-state index in [1.54, 1.807) is 4.90 Å². The van der Waals surface area contributed by atoms with Crippen LogP contribution in [0.15, 0.2) is 0 Å². The summed E-state index contributed by atoms with van der Waals surface area (Å²) in [6.07, 6.45) is 6.01. The molecule has 5 unspecified atom stereocenters. The van der Waals surface area contributed by atoms with Gasteiger partial charge in [0, 0.05) is 12.6 Å². The summed E-state index contributed by atoms with van der Waals surface area (Å²) >= 11 is 0. The molecule has 2 saturated carbocycles. The van der Waals surface area contributed by atoms with Crippen LogP contribution in [0, 0.1) is 17.8 Å². The zero-order valence-electron chi connectivity index (χ0n) is 11.3. The highest BCUT2D eigenvalue weighted by atomic mass is 16.2. The van der Waals surface area contributed by atoms with E-state index in [9.17, 15) is 9.59 Å². The normalized spacial score (nSPS) is 41.5. The molecule has 0 spiro atoms. The van der Waals surface area contributed by atoms with Crippen LogP contribution in [0.25, 0.3) is 0 Å². The third-order valence-corrected chi connectivity index (χ3v) is 5.38. The molecule has 1 saturated heterocycles. The average Bonchev–Trinajstić information content (AvgIpc) is 2.98. The minimum atomic E-state index is -0.410. The second-order valence-corrected chi connectivity index (χ2v) is 6.38. The van der Waals surface area contributed by atoms with Gasteiger partial charge in [0.25, 0.3) is 0 Å². The number of likely N-dealkylation sites (tertiary alicyclic amines) is 1. The number of hydrogen-bond acceptors (Lipinski definition) is 3. The summed E-state index contributed by atoms with van der Waals surface area (Å²) in [5.41, 5.74) is 11.7. The highest BCUT2D eigenvalue weighted by Crippen LogP contribution is 2.48. The van der Waals surface area contributed by atoms with Crippen molar-refractivity contribution in [2.45, 2.75) is 50.6 Å². The number of primary amides is 1. The van der Waals surface area contributed by atoms with Crippen LogP contribution in [0.2, 0.25) is 0 Å². The number of nitrogens with zero attached hydrogens (tertiary/aromatic N) is 1. The van der Waals surface area contributed by atoms with Gasteiger partial charge in [-0.1, -0.05) is 0 Å². The van der Waals surface area contributed by atoms with Crippen LogP contribution in [-0.4, -0.2) is 35.3 Å². The summed E-state index contributed by atoms with van der Waals surface area (Å²) < 4.78 is 0. The SMILES string of the molecule is NC(=O)C1CCCCN1C(=O)C1C2CCC(C2)C1N. The summed E-state index contributed by atoms with van der Waals surface area (Å²) in [5, 5.41) is 0. The Morgan fingerprint density at radius 2 is 1.79 bits per heavy atom. The van der Waals surface area contributed by atoms with Crippen molar-refractivity contribution in [1.82, 2.24) is 4.90 Å². The summed E-state index contributed by atoms with van der Waals surface area (Å²) in [6, 6.07) is -0.422. The molecular formula is C14H23N3O2. The van der Waals surface area contributed by atoms with E-state index in [-0.39, 0.29) is 23.8 Å². The van der Waals surface area contributed by atoms with Gasteiger partial charge in [-0.2, -0.15) is 0 Å². The first kappa shape index (κ1) is 12.9. The van der Waals surface area contributed by atoms with Gasteiger partial charge < -0.3 is 16.4 Å². The summed E-state index contributed by atoms with van der Waals surface area (Å²) in [4.78, 5) is 26.0. The number of hydrogen-bond donors (Lipinski definition) is 2. The minimum Gasteiger partial charge on any atom is -0.368 e. The second-order valence-electron chi connectivity index (χ2n) is 6.38. The maximum atomic E-state index is 12.8. The van der Waals surface area contributed by atoms with Gasteiger partial charge in [-0.3, -0.25) is 9.59 Å². The number of piperidine rings is 1. The molecule has 0 aromatic carbocycles. The van der Waals surface area contributed by atoms with E-state index in [0.717, 1.165) is 32.1 Å². The molecule has 2 bridgehead atoms. The van der Waals surface area contributed by atoms with Crippen LogP contribution in [0.5, 0.6) is 0 Å². The fourth-order valence-electron chi connectivity index (χ4n) is 4.38. The third-order valence-electron chi connectivity index (χ3n) is 5.38. The van der Waals surface area contributed by atoms with Crippen LogP contribution in [0.1, 0.15) is 38.5 Å². The quantitative estimate of drug-likeness (QED) is 0.748. The molecule has 3 fully saturated rings. The van der Waals surface area contributed by atoms with Crippen LogP contribution < -0.4 is 11.5 Å². The molecule has 2 amide bonds. The van der Waals surface area contributed by atoms with Crippen LogP contribution in [-0.2, 0) is 9.59 Å². The number of amides is 2. The first-order valence-corrected chi connectivity index (χ1v) is 7.45. The zero-order chi connectivity index (χ0) is 13.6. The first-order valence-electron chi connectivity index (χ1n) is 7.45. The van der Waals surface area contributed by atoms with Crippen molar-refractivity contribution in [2.24, 2.45) is 29.2 Å². The van der Waals surface area contributed by atoms with Crippen molar-refractivity contribution in [2.75, 3.05) is 6.54 Å². The Balaban J connectivity index is 1.77. The molecular weight excluding hydrogens is 242 g/mol. The molecule has 106 valence electrons. The Hall–Kier alpha value is -1.10. The molecule has 2 aliphatic carbocycles. The second kappa shape index (κ2) is 4.78. The molecule has 1 heterocycles. The Labute approximate surface area is 113 Å². The van der Waals surface area contributed by atoms with E-state index in [0.29, 0.717) is 24.8 Å². The fraction of sp³-hybridized carbons (Fsp3) is 0.857. The average molecular weight is 265 g/mol. The van der Waals surface area contributed by atoms with E-state index in [1.807, 2.05) is 0 Å².